The summed E-state index contributed by atoms with van der Waals surface area (Å²) in [5.74, 6) is 0.864. The molecule has 2 saturated heterocycles. The Balaban J connectivity index is 0.000000118. The first-order valence-corrected chi connectivity index (χ1v) is 49.6. The highest BCUT2D eigenvalue weighted by atomic mass is 32.1. The van der Waals surface area contributed by atoms with Crippen LogP contribution in [0.3, 0.4) is 0 Å². The average Bonchev–Trinajstić information content (AvgIpc) is 1.63. The number of anilines is 1. The number of hydrogen-bond acceptors (Lipinski definition) is 26. The number of thiophene rings is 5. The smallest absolute Gasteiger partial charge is 0.269 e. The molecule has 0 spiro atoms. The minimum absolute atomic E-state index is 0.0180. The first-order chi connectivity index (χ1) is 68.7. The number of alkyl halides is 1. The number of benzene rings is 5. The zero-order valence-electron chi connectivity index (χ0n) is 77.5. The van der Waals surface area contributed by atoms with Crippen molar-refractivity contribution in [3.05, 3.63) is 360 Å². The quantitative estimate of drug-likeness (QED) is 0.0472. The molecule has 2 fully saturated rings. The second-order valence-electron chi connectivity index (χ2n) is 34.5. The van der Waals surface area contributed by atoms with E-state index in [1.165, 1.54) is 86.9 Å². The minimum atomic E-state index is -1.54. The molecule has 28 nitrogen and oxygen atoms in total. The summed E-state index contributed by atoms with van der Waals surface area (Å²) < 4.78 is 49.7. The third-order valence-corrected chi connectivity index (χ3v) is 28.5. The molecule has 142 heavy (non-hydrogen) atoms. The minimum Gasteiger partial charge on any atom is -0.461 e. The summed E-state index contributed by atoms with van der Waals surface area (Å²) in [6.45, 7) is 17.9. The highest BCUT2D eigenvalue weighted by Crippen LogP contribution is 2.40. The first kappa shape index (κ1) is 96.6. The van der Waals surface area contributed by atoms with E-state index in [2.05, 4.69) is 135 Å². The Morgan fingerprint density at radius 1 is 0.437 bits per heavy atom. The fourth-order valence-corrected chi connectivity index (χ4v) is 21.0. The van der Waals surface area contributed by atoms with E-state index in [0.717, 1.165) is 63.6 Å². The molecular formula is C106H90F3N19O9S5. The molecule has 20 aromatic rings. The molecule has 17 heterocycles. The Morgan fingerprint density at radius 3 is 1.26 bits per heavy atom. The lowest BCUT2D eigenvalue weighted by Crippen LogP contribution is -2.53. The summed E-state index contributed by atoms with van der Waals surface area (Å²) in [6.07, 6.45) is 7.52. The summed E-state index contributed by atoms with van der Waals surface area (Å²) in [4.78, 5) is 153. The third kappa shape index (κ3) is 21.4. The van der Waals surface area contributed by atoms with Gasteiger partial charge >= 0.3 is 0 Å². The number of amides is 2. The van der Waals surface area contributed by atoms with E-state index in [-0.39, 0.29) is 74.8 Å². The molecule has 5 aromatic carbocycles. The number of halogens is 3. The standard InChI is InChI=1S/C24H23N5O3S.C24H23N5O2S.C21H18FN3OS.C19H13F2N3O2S.C18H13N3OS/c1-15-5-6-19(16(12-15)13-30)28-8-10-29(11-9-28)24(32)17-14-33-21-20(17)26-22(27-23(21)31)18-4-2-3-7-25-18;1-15-5-4-6-16(11-15)12-17-13-29(10-9-25-17)24(31)18-14-32-21-20(18)27-22(28-23(21)30)19-7-2-3-8-26-19;1-21(2,3)12-7-8-13(15(22)10-12)14-11-27-18-17(14)24-19(25-20(18)26)16-6-4-5-9-23-16;1-10(20)26-11-5-6-12(14(21)8-11)13-9-27-17-16(13)23-18(24-19(17)25)15-4-2-3-7-22-15;1-11-6-2-3-7-12(11)13-10-23-16-15(13)20-17(21-18(16)22)14-8-4-5-9-19-14/h2-7,12,14,30H,8-11,13H2,1H3,(H,26,27,31);2-8,11,14,17,25H,9-10,12-13H2,1H3,(H,27,28,30);4-11H,1-3H3,(H,24,25,26);2-10H,1H3,(H,23,24,25);2-10H,1H3,(H,20,21,22). The van der Waals surface area contributed by atoms with E-state index in [4.69, 9.17) is 4.74 Å². The molecule has 0 aliphatic carbocycles. The van der Waals surface area contributed by atoms with Crippen LogP contribution in [-0.2, 0) is 18.4 Å². The molecule has 0 saturated carbocycles. The van der Waals surface area contributed by atoms with Crippen molar-refractivity contribution in [2.45, 2.75) is 79.3 Å². The summed E-state index contributed by atoms with van der Waals surface area (Å²) in [5, 5.41) is 22.2. The Bertz CT molecular complexity index is 8370. The van der Waals surface area contributed by atoms with Crippen molar-refractivity contribution in [2.24, 2.45) is 0 Å². The van der Waals surface area contributed by atoms with Gasteiger partial charge in [-0.25, -0.2) is 38.1 Å². The van der Waals surface area contributed by atoms with E-state index >= 15 is 0 Å². The van der Waals surface area contributed by atoms with Gasteiger partial charge in [0.25, 0.3) is 39.6 Å². The fraction of sp³-hybridized carbons (Fsp3) is 0.179. The van der Waals surface area contributed by atoms with E-state index in [1.807, 2.05) is 111 Å². The average molecular weight is 1990 g/mol. The van der Waals surface area contributed by atoms with Crippen LogP contribution in [0.25, 0.3) is 142 Å². The van der Waals surface area contributed by atoms with Crippen LogP contribution in [-0.4, -0.2) is 160 Å². The molecule has 0 radical (unpaired) electrons. The second kappa shape index (κ2) is 42.6. The van der Waals surface area contributed by atoms with Crippen molar-refractivity contribution < 1.29 is 32.6 Å². The number of H-pyrrole nitrogens is 5. The lowest BCUT2D eigenvalue weighted by atomic mass is 9.86. The van der Waals surface area contributed by atoms with Crippen LogP contribution < -0.4 is 42.7 Å². The maximum Gasteiger partial charge on any atom is 0.269 e. The topological polar surface area (TPSA) is 379 Å². The number of nitrogens with one attached hydrogen (secondary N) is 6. The van der Waals surface area contributed by atoms with E-state index < -0.39 is 12.2 Å². The predicted molar refractivity (Wildman–Crippen MR) is 556 cm³/mol. The van der Waals surface area contributed by atoms with Gasteiger partial charge in [-0.15, -0.1) is 56.7 Å². The second-order valence-corrected chi connectivity index (χ2v) is 38.9. The Kier molecular flexibility index (Phi) is 28.9. The van der Waals surface area contributed by atoms with Gasteiger partial charge in [0.15, 0.2) is 29.1 Å². The Labute approximate surface area is 828 Å². The summed E-state index contributed by atoms with van der Waals surface area (Å²) in [7, 11) is 0. The van der Waals surface area contributed by atoms with Crippen LogP contribution in [0.4, 0.5) is 18.9 Å². The number of aromatic nitrogens is 15. The van der Waals surface area contributed by atoms with Crippen LogP contribution in [0.15, 0.2) is 276 Å². The van der Waals surface area contributed by atoms with E-state index in [0.29, 0.717) is 170 Å². The van der Waals surface area contributed by atoms with E-state index in [1.54, 1.807) is 124 Å². The van der Waals surface area contributed by atoms with Crippen LogP contribution in [0.2, 0.25) is 0 Å². The number of carbonyl (C=O) groups excluding carboxylic acids is 2. The fourth-order valence-electron chi connectivity index (χ4n) is 16.6. The van der Waals surface area contributed by atoms with Crippen LogP contribution in [0, 0.1) is 32.4 Å². The van der Waals surface area contributed by atoms with Gasteiger partial charge in [-0.05, 0) is 140 Å². The van der Waals surface area contributed by atoms with Crippen molar-refractivity contribution >= 4 is 125 Å². The number of piperazine rings is 2. The molecule has 2 aliphatic rings. The maximum atomic E-state index is 14.9. The number of pyridine rings is 5. The zero-order valence-corrected chi connectivity index (χ0v) is 81.6. The van der Waals surface area contributed by atoms with Gasteiger partial charge in [0, 0.05) is 162 Å². The number of fused-ring (bicyclic) bond motifs is 5. The number of carbonyl (C=O) groups is 2. The highest BCUT2D eigenvalue weighted by molar-refractivity contribution is 7.19. The maximum absolute atomic E-state index is 14.9. The Hall–Kier alpha value is -15.7. The highest BCUT2D eigenvalue weighted by Gasteiger charge is 2.31. The summed E-state index contributed by atoms with van der Waals surface area (Å²) in [6, 6.07) is 59.1. The molecule has 2 unspecified atom stereocenters. The van der Waals surface area contributed by atoms with Crippen molar-refractivity contribution in [3.63, 3.8) is 0 Å². The SMILES string of the molecule is CC(C)(C)c1ccc(-c2csc3c(=O)[nH]c(-c4ccccn4)nc23)c(F)c1.CC(F)Oc1ccc(-c2csc3c(=O)[nH]c(-c4ccccn4)nc23)c(F)c1.Cc1ccc(N2CCN(C(=O)c3csc4c(=O)[nH]c(-c5ccccn5)nc34)CC2)c(CO)c1.Cc1cccc(CC2CN(C(=O)c3csc4c(=O)[nH]c(-c5ccccn5)nc34)CCN2)c1.Cc1ccccc1-c1csc2c(=O)[nH]c(-c3ccccn3)nc12. The molecule has 2 atom stereocenters. The van der Waals surface area contributed by atoms with Crippen LogP contribution in [0.1, 0.15) is 81.8 Å². The van der Waals surface area contributed by atoms with Gasteiger partial charge in [-0.3, -0.25) is 58.5 Å². The molecule has 2 amide bonds. The lowest BCUT2D eigenvalue weighted by molar-refractivity contribution is 0.0704. The number of aliphatic hydroxyl groups is 1. The molecule has 714 valence electrons. The summed E-state index contributed by atoms with van der Waals surface area (Å²) >= 11 is 6.34. The van der Waals surface area contributed by atoms with Crippen molar-refractivity contribution in [3.8, 4) is 96.7 Å². The zero-order chi connectivity index (χ0) is 99.0. The normalized spacial score (nSPS) is 13.3. The first-order valence-electron chi connectivity index (χ1n) is 45.2. The van der Waals surface area contributed by atoms with Crippen molar-refractivity contribution in [1.82, 2.24) is 89.9 Å². The number of aryl methyl sites for hydroxylation is 3. The largest absolute Gasteiger partial charge is 0.461 e. The monoisotopic (exact) mass is 1990 g/mol. The number of nitrogens with zero attached hydrogens (tertiary/aromatic N) is 13. The van der Waals surface area contributed by atoms with Crippen molar-refractivity contribution in [2.75, 3.05) is 50.7 Å². The van der Waals surface area contributed by atoms with Gasteiger partial charge < -0.3 is 54.8 Å². The van der Waals surface area contributed by atoms with Gasteiger partial charge in [0.05, 0.1) is 34.3 Å². The number of hydrogen-bond donors (Lipinski definition) is 7. The van der Waals surface area contributed by atoms with Gasteiger partial charge in [0.2, 0.25) is 6.36 Å². The predicted octanol–water partition coefficient (Wildman–Crippen LogP) is 19.5. The molecule has 0 bridgehead atoms. The van der Waals surface area contributed by atoms with E-state index in [9.17, 15) is 51.8 Å². The third-order valence-electron chi connectivity index (χ3n) is 23.6. The van der Waals surface area contributed by atoms with Gasteiger partial charge in [-0.2, -0.15) is 0 Å². The Morgan fingerprint density at radius 2 is 0.845 bits per heavy atom. The molecule has 2 aliphatic heterocycles. The number of aliphatic hydroxyl groups excluding tert-OH is 1. The number of aromatic amines is 5. The molecule has 36 heteroatoms. The van der Waals surface area contributed by atoms with Gasteiger partial charge in [-0.1, -0.05) is 135 Å². The van der Waals surface area contributed by atoms with Crippen LogP contribution in [0.5, 0.6) is 5.75 Å². The van der Waals surface area contributed by atoms with Gasteiger partial charge in [0.1, 0.15) is 80.4 Å². The molecule has 7 N–H and O–H groups in total. The number of rotatable bonds is 16. The summed E-state index contributed by atoms with van der Waals surface area (Å²) in [5.41, 5.74) is 16.3. The van der Waals surface area contributed by atoms with Crippen molar-refractivity contribution in [1.29, 1.82) is 0 Å². The molecular weight excluding hydrogens is 1900 g/mol. The lowest BCUT2D eigenvalue weighted by Gasteiger charge is -2.37. The molecule has 22 rings (SSSR count). The molecule has 15 aromatic heterocycles. The number of ether oxygens (including phenoxy) is 1. The van der Waals surface area contributed by atoms with Crippen LogP contribution >= 0.6 is 56.7 Å².